The van der Waals surface area contributed by atoms with Crippen molar-refractivity contribution >= 4 is 5.91 Å². The molecule has 1 aliphatic heterocycles. The summed E-state index contributed by atoms with van der Waals surface area (Å²) in [6, 6.07) is 5.07. The number of aromatic nitrogens is 3. The summed E-state index contributed by atoms with van der Waals surface area (Å²) in [5, 5.41) is 0. The van der Waals surface area contributed by atoms with Gasteiger partial charge in [-0.3, -0.25) is 4.79 Å². The van der Waals surface area contributed by atoms with Crippen LogP contribution in [0.2, 0.25) is 0 Å². The first kappa shape index (κ1) is 23.8. The van der Waals surface area contributed by atoms with Crippen LogP contribution in [0, 0.1) is 0 Å². The van der Waals surface area contributed by atoms with Crippen molar-refractivity contribution < 1.29 is 14.3 Å². The van der Waals surface area contributed by atoms with Crippen molar-refractivity contribution in [2.45, 2.75) is 38.5 Å². The molecule has 0 aliphatic carbocycles. The maximum atomic E-state index is 13.3. The number of likely N-dealkylation sites (tertiary alicyclic amines) is 1. The topological polar surface area (TPSA) is 105 Å². The van der Waals surface area contributed by atoms with Gasteiger partial charge in [-0.25, -0.2) is 28.1 Å². The minimum Gasteiger partial charge on any atom is -0.497 e. The molecule has 1 saturated heterocycles. The Morgan fingerprint density at radius 1 is 1.00 bits per heavy atom. The van der Waals surface area contributed by atoms with Crippen molar-refractivity contribution in [2.75, 3.05) is 20.8 Å². The molecule has 1 amide bonds. The zero-order valence-electron chi connectivity index (χ0n) is 18.9. The van der Waals surface area contributed by atoms with E-state index in [-0.39, 0.29) is 19.1 Å². The maximum Gasteiger partial charge on any atom is 0.337 e. The lowest BCUT2D eigenvalue weighted by molar-refractivity contribution is -0.133. The molecule has 1 aromatic carbocycles. The Morgan fingerprint density at radius 2 is 1.61 bits per heavy atom. The van der Waals surface area contributed by atoms with Crippen molar-refractivity contribution in [3.8, 4) is 11.5 Å². The fourth-order valence-corrected chi connectivity index (χ4v) is 4.10. The highest BCUT2D eigenvalue weighted by Gasteiger charge is 2.33. The van der Waals surface area contributed by atoms with Crippen molar-refractivity contribution in [3.63, 3.8) is 0 Å². The average Bonchev–Trinajstić information content (AvgIpc) is 3.31. The molecule has 2 aromatic rings. The Labute approximate surface area is 190 Å². The van der Waals surface area contributed by atoms with Gasteiger partial charge in [-0.15, -0.1) is 13.2 Å². The molecule has 176 valence electrons. The van der Waals surface area contributed by atoms with Crippen LogP contribution in [0.25, 0.3) is 0 Å². The second-order valence-corrected chi connectivity index (χ2v) is 7.59. The molecule has 0 spiro atoms. The van der Waals surface area contributed by atoms with Gasteiger partial charge in [0.05, 0.1) is 33.4 Å². The molecule has 0 radical (unpaired) electrons. The van der Waals surface area contributed by atoms with Crippen LogP contribution in [0.4, 0.5) is 0 Å². The van der Waals surface area contributed by atoms with E-state index in [4.69, 9.17) is 9.47 Å². The molecule has 10 heteroatoms. The third kappa shape index (κ3) is 4.55. The molecule has 0 N–H and O–H groups in total. The van der Waals surface area contributed by atoms with Crippen LogP contribution in [0.15, 0.2) is 57.9 Å². The van der Waals surface area contributed by atoms with E-state index in [0.29, 0.717) is 24.5 Å². The summed E-state index contributed by atoms with van der Waals surface area (Å²) in [5.41, 5.74) is -1.69. The van der Waals surface area contributed by atoms with Crippen LogP contribution in [0.1, 0.15) is 24.4 Å². The fourth-order valence-electron chi connectivity index (χ4n) is 4.10. The minimum atomic E-state index is -0.853. The van der Waals surface area contributed by atoms with Gasteiger partial charge in [-0.05, 0) is 31.0 Å². The van der Waals surface area contributed by atoms with Gasteiger partial charge in [0.2, 0.25) is 5.91 Å². The Morgan fingerprint density at radius 3 is 2.15 bits per heavy atom. The third-order valence-corrected chi connectivity index (χ3v) is 5.67. The first-order valence-electron chi connectivity index (χ1n) is 10.6. The predicted octanol–water partition coefficient (Wildman–Crippen LogP) is 0.925. The van der Waals surface area contributed by atoms with Gasteiger partial charge in [0.25, 0.3) is 0 Å². The van der Waals surface area contributed by atoms with Gasteiger partial charge < -0.3 is 14.4 Å². The first-order chi connectivity index (χ1) is 15.9. The van der Waals surface area contributed by atoms with Crippen LogP contribution in [-0.4, -0.2) is 45.3 Å². The van der Waals surface area contributed by atoms with E-state index in [9.17, 15) is 19.2 Å². The van der Waals surface area contributed by atoms with Gasteiger partial charge >= 0.3 is 17.1 Å². The Bertz CT molecular complexity index is 1190. The molecule has 33 heavy (non-hydrogen) atoms. The molecule has 1 aliphatic rings. The SMILES string of the molecule is C=CCn1c(=O)n(CC=C)c(=O)n(CC(=O)N2CCC[C@H]2c2cc(OC)ccc2OC)c1=O. The molecule has 3 rings (SSSR count). The summed E-state index contributed by atoms with van der Waals surface area (Å²) in [5.74, 6) is 0.839. The number of carbonyl (C=O) groups is 1. The van der Waals surface area contributed by atoms with E-state index >= 15 is 0 Å². The lowest BCUT2D eigenvalue weighted by atomic mass is 10.0. The monoisotopic (exact) mass is 456 g/mol. The fraction of sp³-hybridized carbons (Fsp3) is 0.391. The van der Waals surface area contributed by atoms with Gasteiger partial charge in [0.1, 0.15) is 18.0 Å². The molecular formula is C23H28N4O6. The van der Waals surface area contributed by atoms with E-state index in [1.165, 1.54) is 12.2 Å². The molecule has 0 saturated carbocycles. The van der Waals surface area contributed by atoms with Gasteiger partial charge in [0.15, 0.2) is 0 Å². The van der Waals surface area contributed by atoms with Crippen molar-refractivity contribution in [3.05, 3.63) is 80.5 Å². The van der Waals surface area contributed by atoms with Crippen LogP contribution in [0.5, 0.6) is 11.5 Å². The van der Waals surface area contributed by atoms with E-state index < -0.39 is 29.5 Å². The smallest absolute Gasteiger partial charge is 0.337 e. The summed E-state index contributed by atoms with van der Waals surface area (Å²) in [6.45, 7) is 6.90. The van der Waals surface area contributed by atoms with E-state index in [1.807, 2.05) is 6.07 Å². The molecule has 1 atom stereocenters. The van der Waals surface area contributed by atoms with Crippen LogP contribution in [0.3, 0.4) is 0 Å². The van der Waals surface area contributed by atoms with E-state index in [1.54, 1.807) is 31.3 Å². The second-order valence-electron chi connectivity index (χ2n) is 7.59. The third-order valence-electron chi connectivity index (χ3n) is 5.67. The number of carbonyl (C=O) groups excluding carboxylic acids is 1. The molecule has 10 nitrogen and oxygen atoms in total. The lowest BCUT2D eigenvalue weighted by Crippen LogP contribution is -2.55. The van der Waals surface area contributed by atoms with Crippen LogP contribution < -0.4 is 26.5 Å². The minimum absolute atomic E-state index is 0.0867. The van der Waals surface area contributed by atoms with Crippen LogP contribution >= 0.6 is 0 Å². The van der Waals surface area contributed by atoms with E-state index in [0.717, 1.165) is 25.7 Å². The Hall–Kier alpha value is -3.82. The Balaban J connectivity index is 2.01. The number of hydrogen-bond acceptors (Lipinski definition) is 6. The molecule has 1 fully saturated rings. The standard InChI is InChI=1S/C23H28N4O6/c1-5-11-25-21(29)26(12-6-2)23(31)27(22(25)30)15-20(28)24-13-7-8-18(24)17-14-16(32-3)9-10-19(17)33-4/h5-6,9-10,14,18H,1-2,7-8,11-13,15H2,3-4H3/t18-/m0/s1. The molecule has 0 bridgehead atoms. The summed E-state index contributed by atoms with van der Waals surface area (Å²) < 4.78 is 13.3. The quantitative estimate of drug-likeness (QED) is 0.520. The zero-order chi connectivity index (χ0) is 24.1. The van der Waals surface area contributed by atoms with E-state index in [2.05, 4.69) is 13.2 Å². The molecule has 0 unspecified atom stereocenters. The van der Waals surface area contributed by atoms with Crippen LogP contribution in [-0.2, 0) is 24.4 Å². The summed E-state index contributed by atoms with van der Waals surface area (Å²) in [4.78, 5) is 53.2. The largest absolute Gasteiger partial charge is 0.497 e. The predicted molar refractivity (Wildman–Crippen MR) is 123 cm³/mol. The summed E-state index contributed by atoms with van der Waals surface area (Å²) >= 11 is 0. The molecule has 2 heterocycles. The summed E-state index contributed by atoms with van der Waals surface area (Å²) in [6.07, 6.45) is 4.20. The summed E-state index contributed by atoms with van der Waals surface area (Å²) in [7, 11) is 3.11. The Kier molecular flexibility index (Phi) is 7.37. The van der Waals surface area contributed by atoms with Gasteiger partial charge in [0, 0.05) is 12.1 Å². The number of hydrogen-bond donors (Lipinski definition) is 0. The number of ether oxygens (including phenoxy) is 2. The maximum absolute atomic E-state index is 13.3. The highest BCUT2D eigenvalue weighted by atomic mass is 16.5. The number of nitrogens with zero attached hydrogens (tertiary/aromatic N) is 4. The highest BCUT2D eigenvalue weighted by Crippen LogP contribution is 2.38. The average molecular weight is 456 g/mol. The molecular weight excluding hydrogens is 428 g/mol. The number of benzene rings is 1. The number of rotatable bonds is 9. The van der Waals surface area contributed by atoms with Gasteiger partial charge in [-0.2, -0.15) is 0 Å². The first-order valence-corrected chi connectivity index (χ1v) is 10.6. The van der Waals surface area contributed by atoms with Gasteiger partial charge in [-0.1, -0.05) is 12.2 Å². The van der Waals surface area contributed by atoms with Crippen molar-refractivity contribution in [1.29, 1.82) is 0 Å². The van der Waals surface area contributed by atoms with Crippen molar-refractivity contribution in [2.24, 2.45) is 0 Å². The highest BCUT2D eigenvalue weighted by molar-refractivity contribution is 5.77. The number of methoxy groups -OCH3 is 2. The normalized spacial score (nSPS) is 15.3. The number of allylic oxidation sites excluding steroid dienone is 2. The second kappa shape index (κ2) is 10.2. The van der Waals surface area contributed by atoms with Crippen molar-refractivity contribution in [1.82, 2.24) is 18.6 Å². The number of amides is 1. The molecule has 1 aromatic heterocycles. The zero-order valence-corrected chi connectivity index (χ0v) is 18.9. The lowest BCUT2D eigenvalue weighted by Gasteiger charge is -2.27.